The highest BCUT2D eigenvalue weighted by atomic mass is 16.5. The van der Waals surface area contributed by atoms with Crippen LogP contribution in [0.15, 0.2) is 42.5 Å². The monoisotopic (exact) mass is 452 g/mol. The van der Waals surface area contributed by atoms with Gasteiger partial charge in [-0.3, -0.25) is 9.59 Å². The van der Waals surface area contributed by atoms with Gasteiger partial charge in [-0.15, -0.1) is 0 Å². The molecule has 2 amide bonds. The Morgan fingerprint density at radius 2 is 1.88 bits per heavy atom. The summed E-state index contributed by atoms with van der Waals surface area (Å²) in [5.41, 5.74) is 1.48. The molecule has 1 N–H and O–H groups in total. The summed E-state index contributed by atoms with van der Waals surface area (Å²) in [4.78, 5) is 27.4. The molecule has 0 saturated heterocycles. The fourth-order valence-electron chi connectivity index (χ4n) is 3.58. The molecule has 1 heterocycles. The second kappa shape index (κ2) is 9.98. The molecular weight excluding hydrogens is 420 g/mol. The van der Waals surface area contributed by atoms with Gasteiger partial charge in [-0.2, -0.15) is 0 Å². The van der Waals surface area contributed by atoms with Gasteiger partial charge in [-0.05, 0) is 55.7 Å². The Morgan fingerprint density at radius 1 is 1.15 bits per heavy atom. The van der Waals surface area contributed by atoms with Crippen molar-refractivity contribution in [2.45, 2.75) is 27.7 Å². The SMILES string of the molecule is COc1ccc(/C=C/C(=O)Nc2ccc3c(c2)OCC(C)(C)C(=O)N3CC(C)C)cc1OC. The van der Waals surface area contributed by atoms with Crippen LogP contribution in [0.1, 0.15) is 33.3 Å². The van der Waals surface area contributed by atoms with E-state index in [-0.39, 0.29) is 18.4 Å². The van der Waals surface area contributed by atoms with Crippen LogP contribution in [0.5, 0.6) is 17.2 Å². The van der Waals surface area contributed by atoms with E-state index in [1.807, 2.05) is 26.0 Å². The van der Waals surface area contributed by atoms with Crippen molar-refractivity contribution >= 4 is 29.3 Å². The lowest BCUT2D eigenvalue weighted by atomic mass is 9.92. The molecule has 2 aromatic carbocycles. The smallest absolute Gasteiger partial charge is 0.248 e. The lowest BCUT2D eigenvalue weighted by Gasteiger charge is -2.29. The minimum Gasteiger partial charge on any atom is -0.493 e. The summed E-state index contributed by atoms with van der Waals surface area (Å²) in [5, 5.41) is 2.86. The largest absolute Gasteiger partial charge is 0.493 e. The van der Waals surface area contributed by atoms with Crippen LogP contribution in [-0.4, -0.2) is 39.2 Å². The van der Waals surface area contributed by atoms with E-state index in [0.29, 0.717) is 35.4 Å². The van der Waals surface area contributed by atoms with E-state index in [9.17, 15) is 9.59 Å². The normalized spacial score (nSPS) is 15.1. The lowest BCUT2D eigenvalue weighted by molar-refractivity contribution is -0.127. The second-order valence-corrected chi connectivity index (χ2v) is 9.10. The van der Waals surface area contributed by atoms with E-state index in [1.54, 1.807) is 49.5 Å². The number of carbonyl (C=O) groups excluding carboxylic acids is 2. The number of amides is 2. The number of methoxy groups -OCH3 is 2. The average molecular weight is 453 g/mol. The van der Waals surface area contributed by atoms with Crippen molar-refractivity contribution in [3.05, 3.63) is 48.0 Å². The molecule has 0 aromatic heterocycles. The first-order valence-electron chi connectivity index (χ1n) is 10.9. The Morgan fingerprint density at radius 3 is 2.55 bits per heavy atom. The first-order chi connectivity index (χ1) is 15.6. The maximum atomic E-state index is 13.1. The highest BCUT2D eigenvalue weighted by molar-refractivity contribution is 6.03. The number of nitrogens with zero attached hydrogens (tertiary/aromatic N) is 1. The standard InChI is InChI=1S/C26H32N2O5/c1-17(2)15-28-20-10-9-19(14-22(20)33-16-26(3,4)25(28)30)27-24(29)12-8-18-7-11-21(31-5)23(13-18)32-6/h7-14,17H,15-16H2,1-6H3,(H,27,29)/b12-8+. The number of nitrogens with one attached hydrogen (secondary N) is 1. The van der Waals surface area contributed by atoms with E-state index in [0.717, 1.165) is 11.3 Å². The summed E-state index contributed by atoms with van der Waals surface area (Å²) in [6.45, 7) is 8.78. The molecule has 7 heteroatoms. The molecule has 1 aliphatic rings. The highest BCUT2D eigenvalue weighted by Crippen LogP contribution is 2.38. The molecule has 2 aromatic rings. The molecule has 0 aliphatic carbocycles. The number of hydrogen-bond acceptors (Lipinski definition) is 5. The molecule has 176 valence electrons. The quantitative estimate of drug-likeness (QED) is 0.613. The Labute approximate surface area is 195 Å². The number of fused-ring (bicyclic) bond motifs is 1. The fourth-order valence-corrected chi connectivity index (χ4v) is 3.58. The molecule has 0 spiro atoms. The van der Waals surface area contributed by atoms with E-state index < -0.39 is 5.41 Å². The molecule has 0 fully saturated rings. The average Bonchev–Trinajstić information content (AvgIpc) is 2.87. The lowest BCUT2D eigenvalue weighted by Crippen LogP contribution is -2.43. The number of carbonyl (C=O) groups is 2. The molecule has 0 unspecified atom stereocenters. The number of benzene rings is 2. The van der Waals surface area contributed by atoms with E-state index in [1.165, 1.54) is 6.08 Å². The fraction of sp³-hybridized carbons (Fsp3) is 0.385. The maximum Gasteiger partial charge on any atom is 0.248 e. The van der Waals surface area contributed by atoms with Gasteiger partial charge in [0, 0.05) is 24.4 Å². The summed E-state index contributed by atoms with van der Waals surface area (Å²) in [7, 11) is 3.14. The molecule has 0 bridgehead atoms. The molecule has 0 radical (unpaired) electrons. The van der Waals surface area contributed by atoms with Gasteiger partial charge in [0.05, 0.1) is 25.3 Å². The van der Waals surface area contributed by atoms with Gasteiger partial charge < -0.3 is 24.4 Å². The third kappa shape index (κ3) is 5.66. The van der Waals surface area contributed by atoms with Crippen LogP contribution in [0.25, 0.3) is 6.08 Å². The van der Waals surface area contributed by atoms with Gasteiger partial charge in [0.2, 0.25) is 11.8 Å². The Hall–Kier alpha value is -3.48. The predicted molar refractivity (Wildman–Crippen MR) is 130 cm³/mol. The van der Waals surface area contributed by atoms with Crippen molar-refractivity contribution in [2.75, 3.05) is 37.6 Å². The third-order valence-corrected chi connectivity index (χ3v) is 5.31. The molecule has 33 heavy (non-hydrogen) atoms. The zero-order valence-corrected chi connectivity index (χ0v) is 20.1. The topological polar surface area (TPSA) is 77.1 Å². The van der Waals surface area contributed by atoms with Crippen molar-refractivity contribution in [2.24, 2.45) is 11.3 Å². The Bertz CT molecular complexity index is 1060. The van der Waals surface area contributed by atoms with E-state index in [4.69, 9.17) is 14.2 Å². The van der Waals surface area contributed by atoms with Crippen molar-refractivity contribution in [1.82, 2.24) is 0 Å². The summed E-state index contributed by atoms with van der Waals surface area (Å²) >= 11 is 0. The van der Waals surface area contributed by atoms with Crippen LogP contribution in [0.2, 0.25) is 0 Å². The van der Waals surface area contributed by atoms with E-state index in [2.05, 4.69) is 19.2 Å². The van der Waals surface area contributed by atoms with Gasteiger partial charge in [0.25, 0.3) is 0 Å². The van der Waals surface area contributed by atoms with Crippen LogP contribution in [0.3, 0.4) is 0 Å². The zero-order chi connectivity index (χ0) is 24.2. The van der Waals surface area contributed by atoms with Crippen LogP contribution in [-0.2, 0) is 9.59 Å². The number of rotatable bonds is 7. The molecule has 1 aliphatic heterocycles. The van der Waals surface area contributed by atoms with Crippen molar-refractivity contribution in [1.29, 1.82) is 0 Å². The Balaban J connectivity index is 1.78. The van der Waals surface area contributed by atoms with Crippen molar-refractivity contribution in [3.63, 3.8) is 0 Å². The van der Waals surface area contributed by atoms with Gasteiger partial charge >= 0.3 is 0 Å². The van der Waals surface area contributed by atoms with Crippen LogP contribution in [0.4, 0.5) is 11.4 Å². The molecule has 7 nitrogen and oxygen atoms in total. The van der Waals surface area contributed by atoms with Gasteiger partial charge in [0.1, 0.15) is 12.4 Å². The van der Waals surface area contributed by atoms with Gasteiger partial charge in [-0.1, -0.05) is 19.9 Å². The number of hydrogen-bond donors (Lipinski definition) is 1. The molecule has 0 saturated carbocycles. The molecular formula is C26H32N2O5. The van der Waals surface area contributed by atoms with Gasteiger partial charge in [0.15, 0.2) is 11.5 Å². The first-order valence-corrected chi connectivity index (χ1v) is 10.9. The highest BCUT2D eigenvalue weighted by Gasteiger charge is 2.38. The van der Waals surface area contributed by atoms with Crippen LogP contribution >= 0.6 is 0 Å². The van der Waals surface area contributed by atoms with Crippen molar-refractivity contribution in [3.8, 4) is 17.2 Å². The summed E-state index contributed by atoms with van der Waals surface area (Å²) in [5.74, 6) is 1.84. The summed E-state index contributed by atoms with van der Waals surface area (Å²) < 4.78 is 16.5. The summed E-state index contributed by atoms with van der Waals surface area (Å²) in [6, 6.07) is 10.8. The first kappa shape index (κ1) is 24.2. The predicted octanol–water partition coefficient (Wildman–Crippen LogP) is 4.76. The molecule has 0 atom stereocenters. The number of ether oxygens (including phenoxy) is 3. The Kier molecular flexibility index (Phi) is 7.31. The molecule has 3 rings (SSSR count). The van der Waals surface area contributed by atoms with Crippen LogP contribution < -0.4 is 24.4 Å². The van der Waals surface area contributed by atoms with Crippen LogP contribution in [0, 0.1) is 11.3 Å². The minimum atomic E-state index is -0.639. The maximum absolute atomic E-state index is 13.1. The number of anilines is 2. The van der Waals surface area contributed by atoms with Gasteiger partial charge in [-0.25, -0.2) is 0 Å². The minimum absolute atomic E-state index is 0.0320. The summed E-state index contributed by atoms with van der Waals surface area (Å²) in [6.07, 6.45) is 3.15. The zero-order valence-electron chi connectivity index (χ0n) is 20.1. The van der Waals surface area contributed by atoms with Crippen molar-refractivity contribution < 1.29 is 23.8 Å². The van der Waals surface area contributed by atoms with E-state index >= 15 is 0 Å². The second-order valence-electron chi connectivity index (χ2n) is 9.10. The third-order valence-electron chi connectivity index (χ3n) is 5.31.